The van der Waals surface area contributed by atoms with Crippen molar-refractivity contribution < 1.29 is 22.7 Å². The van der Waals surface area contributed by atoms with Gasteiger partial charge in [0.25, 0.3) is 0 Å². The molecular weight excluding hydrogens is 476 g/mol. The SMILES string of the molecule is COC(=O)C1CN(S(=O)(=O)C=Cc2ccc(Cl)s2)CC(=O)N1Cc1cc2cnccc2[nH]1. The van der Waals surface area contributed by atoms with Crippen LogP contribution in [0.5, 0.6) is 0 Å². The van der Waals surface area contributed by atoms with E-state index in [0.717, 1.165) is 20.6 Å². The van der Waals surface area contributed by atoms with Crippen molar-refractivity contribution in [2.45, 2.75) is 12.6 Å². The van der Waals surface area contributed by atoms with Crippen molar-refractivity contribution in [1.29, 1.82) is 0 Å². The first-order valence-corrected chi connectivity index (χ1v) is 12.2. The number of nitrogens with zero attached hydrogens (tertiary/aromatic N) is 3. The number of amides is 1. The molecule has 1 aliphatic rings. The maximum Gasteiger partial charge on any atom is 0.329 e. The van der Waals surface area contributed by atoms with Gasteiger partial charge in [0.05, 0.1) is 24.5 Å². The van der Waals surface area contributed by atoms with Gasteiger partial charge >= 0.3 is 5.97 Å². The molecule has 3 aromatic heterocycles. The van der Waals surface area contributed by atoms with Crippen LogP contribution in [0.15, 0.2) is 42.1 Å². The first-order valence-electron chi connectivity index (χ1n) is 9.49. The third-order valence-corrected chi connectivity index (χ3v) is 7.71. The number of halogens is 1. The van der Waals surface area contributed by atoms with Crippen LogP contribution in [0.3, 0.4) is 0 Å². The number of esters is 1. The van der Waals surface area contributed by atoms with Crippen molar-refractivity contribution in [3.8, 4) is 0 Å². The molecule has 1 fully saturated rings. The number of nitrogens with one attached hydrogen (secondary N) is 1. The monoisotopic (exact) mass is 494 g/mol. The quantitative estimate of drug-likeness (QED) is 0.527. The molecule has 4 heterocycles. The number of rotatable bonds is 6. The van der Waals surface area contributed by atoms with Crippen LogP contribution in [-0.2, 0) is 30.9 Å². The highest BCUT2D eigenvalue weighted by Crippen LogP contribution is 2.24. The summed E-state index contributed by atoms with van der Waals surface area (Å²) in [6, 6.07) is 5.91. The summed E-state index contributed by atoms with van der Waals surface area (Å²) in [5, 5.41) is 1.88. The lowest BCUT2D eigenvalue weighted by Gasteiger charge is -2.38. The molecule has 0 bridgehead atoms. The van der Waals surface area contributed by atoms with Crippen molar-refractivity contribution in [2.75, 3.05) is 20.2 Å². The van der Waals surface area contributed by atoms with Crippen LogP contribution < -0.4 is 0 Å². The van der Waals surface area contributed by atoms with Gasteiger partial charge in [0, 0.05) is 45.8 Å². The van der Waals surface area contributed by atoms with Gasteiger partial charge in [0.15, 0.2) is 0 Å². The first-order chi connectivity index (χ1) is 15.3. The smallest absolute Gasteiger partial charge is 0.329 e. The van der Waals surface area contributed by atoms with Crippen LogP contribution in [0, 0.1) is 0 Å². The number of fused-ring (bicyclic) bond motifs is 1. The van der Waals surface area contributed by atoms with Gasteiger partial charge in [0.1, 0.15) is 6.04 Å². The second-order valence-corrected chi connectivity index (χ2v) is 10.7. The summed E-state index contributed by atoms with van der Waals surface area (Å²) in [6.45, 7) is -0.490. The van der Waals surface area contributed by atoms with Crippen LogP contribution in [0.2, 0.25) is 4.34 Å². The number of sulfonamides is 1. The highest BCUT2D eigenvalue weighted by molar-refractivity contribution is 7.92. The van der Waals surface area contributed by atoms with Crippen LogP contribution in [-0.4, -0.2) is 65.7 Å². The second-order valence-electron chi connectivity index (χ2n) is 7.10. The van der Waals surface area contributed by atoms with Crippen molar-refractivity contribution in [2.24, 2.45) is 0 Å². The lowest BCUT2D eigenvalue weighted by atomic mass is 10.1. The summed E-state index contributed by atoms with van der Waals surface area (Å²) in [5.41, 5.74) is 1.54. The Labute approximate surface area is 193 Å². The predicted molar refractivity (Wildman–Crippen MR) is 121 cm³/mol. The fourth-order valence-corrected chi connectivity index (χ4v) is 5.64. The zero-order chi connectivity index (χ0) is 22.9. The molecule has 3 aromatic rings. The number of carbonyl (C=O) groups excluding carboxylic acids is 2. The number of aromatic amines is 1. The van der Waals surface area contributed by atoms with E-state index in [4.69, 9.17) is 16.3 Å². The van der Waals surface area contributed by atoms with E-state index in [0.29, 0.717) is 14.9 Å². The Balaban J connectivity index is 1.56. The van der Waals surface area contributed by atoms with Crippen molar-refractivity contribution in [1.82, 2.24) is 19.2 Å². The lowest BCUT2D eigenvalue weighted by molar-refractivity contribution is -0.157. The molecule has 168 valence electrons. The molecule has 1 aliphatic heterocycles. The summed E-state index contributed by atoms with van der Waals surface area (Å²) in [7, 11) is -2.75. The van der Waals surface area contributed by atoms with E-state index in [1.165, 1.54) is 29.4 Å². The summed E-state index contributed by atoms with van der Waals surface area (Å²) in [4.78, 5) is 34.6. The maximum atomic E-state index is 12.9. The third-order valence-electron chi connectivity index (χ3n) is 5.03. The van der Waals surface area contributed by atoms with Gasteiger partial charge in [-0.2, -0.15) is 4.31 Å². The summed E-state index contributed by atoms with van der Waals surface area (Å²) < 4.78 is 32.0. The molecular formula is C20H19ClN4O5S2. The fraction of sp³-hybridized carbons (Fsp3) is 0.250. The van der Waals surface area contributed by atoms with E-state index in [9.17, 15) is 18.0 Å². The Morgan fingerprint density at radius 2 is 2.22 bits per heavy atom. The number of thiophene rings is 1. The predicted octanol–water partition coefficient (Wildman–Crippen LogP) is 2.46. The molecule has 9 nitrogen and oxygen atoms in total. The lowest BCUT2D eigenvalue weighted by Crippen LogP contribution is -2.60. The number of carbonyl (C=O) groups is 2. The second kappa shape index (κ2) is 9.02. The summed E-state index contributed by atoms with van der Waals surface area (Å²) >= 11 is 7.10. The first kappa shape index (κ1) is 22.5. The molecule has 1 saturated heterocycles. The Kier molecular flexibility index (Phi) is 6.33. The number of piperazine rings is 1. The number of aromatic nitrogens is 2. The molecule has 1 unspecified atom stereocenters. The van der Waals surface area contributed by atoms with Gasteiger partial charge in [-0.05, 0) is 30.3 Å². The Morgan fingerprint density at radius 1 is 1.41 bits per heavy atom. The average Bonchev–Trinajstić information content (AvgIpc) is 3.38. The summed E-state index contributed by atoms with van der Waals surface area (Å²) in [5.74, 6) is -1.19. The molecule has 32 heavy (non-hydrogen) atoms. The largest absolute Gasteiger partial charge is 0.467 e. The number of hydrogen-bond acceptors (Lipinski definition) is 7. The van der Waals surface area contributed by atoms with E-state index in [1.54, 1.807) is 30.6 Å². The van der Waals surface area contributed by atoms with Crippen LogP contribution in [0.1, 0.15) is 10.6 Å². The Morgan fingerprint density at radius 3 is 2.91 bits per heavy atom. The van der Waals surface area contributed by atoms with Crippen LogP contribution >= 0.6 is 22.9 Å². The molecule has 0 saturated carbocycles. The minimum absolute atomic E-state index is 0.102. The Hall–Kier alpha value is -2.73. The molecule has 0 spiro atoms. The molecule has 1 amide bonds. The standard InChI is InChI=1S/C20H19ClN4O5S2/c1-30-20(27)17-11-24(32(28,29)7-5-15-2-3-18(21)31-15)12-19(26)25(17)10-14-8-13-9-22-6-4-16(13)23-14/h2-9,17,23H,10-12H2,1H3. The van der Waals surface area contributed by atoms with Crippen molar-refractivity contribution in [3.05, 3.63) is 57.0 Å². The fourth-order valence-electron chi connectivity index (χ4n) is 3.46. The zero-order valence-electron chi connectivity index (χ0n) is 16.9. The summed E-state index contributed by atoms with van der Waals surface area (Å²) in [6.07, 6.45) is 4.74. The molecule has 1 atom stereocenters. The minimum Gasteiger partial charge on any atom is -0.467 e. The van der Waals surface area contributed by atoms with Gasteiger partial charge in [0.2, 0.25) is 15.9 Å². The topological polar surface area (TPSA) is 113 Å². The zero-order valence-corrected chi connectivity index (χ0v) is 19.3. The molecule has 0 aliphatic carbocycles. The molecule has 1 N–H and O–H groups in total. The maximum absolute atomic E-state index is 12.9. The van der Waals surface area contributed by atoms with Gasteiger partial charge in [-0.1, -0.05) is 11.6 Å². The van der Waals surface area contributed by atoms with E-state index < -0.39 is 27.9 Å². The average molecular weight is 495 g/mol. The number of H-pyrrole nitrogens is 1. The van der Waals surface area contributed by atoms with Crippen LogP contribution in [0.4, 0.5) is 0 Å². The Bertz CT molecular complexity index is 1270. The van der Waals surface area contributed by atoms with E-state index in [1.807, 2.05) is 6.07 Å². The normalized spacial score (nSPS) is 18.0. The van der Waals surface area contributed by atoms with E-state index >= 15 is 0 Å². The van der Waals surface area contributed by atoms with Gasteiger partial charge in [-0.25, -0.2) is 13.2 Å². The third kappa shape index (κ3) is 4.70. The molecule has 0 aromatic carbocycles. The van der Waals surface area contributed by atoms with Crippen LogP contribution in [0.25, 0.3) is 17.0 Å². The number of ether oxygens (including phenoxy) is 1. The molecule has 4 rings (SSSR count). The number of methoxy groups -OCH3 is 1. The molecule has 12 heteroatoms. The highest BCUT2D eigenvalue weighted by Gasteiger charge is 2.41. The van der Waals surface area contributed by atoms with Crippen molar-refractivity contribution in [3.63, 3.8) is 0 Å². The number of pyridine rings is 1. The minimum atomic E-state index is -3.95. The van der Waals surface area contributed by atoms with E-state index in [-0.39, 0.29) is 19.6 Å². The van der Waals surface area contributed by atoms with Gasteiger partial charge in [-0.3, -0.25) is 9.78 Å². The van der Waals surface area contributed by atoms with E-state index in [2.05, 4.69) is 9.97 Å². The highest BCUT2D eigenvalue weighted by atomic mass is 35.5. The van der Waals surface area contributed by atoms with Crippen molar-refractivity contribution >= 4 is 61.8 Å². The number of hydrogen-bond donors (Lipinski definition) is 1. The van der Waals surface area contributed by atoms with Gasteiger partial charge in [-0.15, -0.1) is 11.3 Å². The van der Waals surface area contributed by atoms with Gasteiger partial charge < -0.3 is 14.6 Å². The molecule has 0 radical (unpaired) electrons.